The fourth-order valence-corrected chi connectivity index (χ4v) is 3.65. The second kappa shape index (κ2) is 8.56. The van der Waals surface area contributed by atoms with Crippen LogP contribution in [0.5, 0.6) is 0 Å². The van der Waals surface area contributed by atoms with Gasteiger partial charge in [0.15, 0.2) is 0 Å². The van der Waals surface area contributed by atoms with Gasteiger partial charge in [-0.3, -0.25) is 14.0 Å². The number of carbonyl (C=O) groups excluding carboxylic acids is 2. The fraction of sp³-hybridized carbons (Fsp3) is 0.286. The minimum atomic E-state index is -0.183. The molecule has 0 saturated carbocycles. The number of hydrogen-bond donors (Lipinski definition) is 2. The molecule has 0 unspecified atom stereocenters. The molecule has 0 spiro atoms. The lowest BCUT2D eigenvalue weighted by Gasteiger charge is -2.09. The van der Waals surface area contributed by atoms with Crippen molar-refractivity contribution in [3.05, 3.63) is 63.5 Å². The number of amides is 2. The SMILES string of the molecule is Cc1ccc(NC(=O)CCCNC(=O)c2c(C)nc3c(C)cccn23)c(Br)c1. The highest BCUT2D eigenvalue weighted by Crippen LogP contribution is 2.23. The molecule has 2 heterocycles. The molecule has 0 aliphatic carbocycles. The zero-order chi connectivity index (χ0) is 20.3. The Morgan fingerprint density at radius 2 is 1.96 bits per heavy atom. The van der Waals surface area contributed by atoms with Crippen molar-refractivity contribution in [1.29, 1.82) is 0 Å². The van der Waals surface area contributed by atoms with E-state index >= 15 is 0 Å². The van der Waals surface area contributed by atoms with E-state index < -0.39 is 0 Å². The monoisotopic (exact) mass is 442 g/mol. The number of anilines is 1. The second-order valence-electron chi connectivity index (χ2n) is 6.82. The summed E-state index contributed by atoms with van der Waals surface area (Å²) < 4.78 is 2.66. The van der Waals surface area contributed by atoms with Gasteiger partial charge in [-0.2, -0.15) is 0 Å². The molecule has 2 N–H and O–H groups in total. The summed E-state index contributed by atoms with van der Waals surface area (Å²) in [6, 6.07) is 9.63. The molecule has 3 rings (SSSR count). The molecular formula is C21H23BrN4O2. The molecule has 28 heavy (non-hydrogen) atoms. The van der Waals surface area contributed by atoms with Crippen LogP contribution in [0.2, 0.25) is 0 Å². The van der Waals surface area contributed by atoms with Crippen molar-refractivity contribution in [2.45, 2.75) is 33.6 Å². The average Bonchev–Trinajstić information content (AvgIpc) is 2.98. The number of nitrogens with one attached hydrogen (secondary N) is 2. The van der Waals surface area contributed by atoms with E-state index in [9.17, 15) is 9.59 Å². The smallest absolute Gasteiger partial charge is 0.270 e. The quantitative estimate of drug-likeness (QED) is 0.562. The van der Waals surface area contributed by atoms with Gasteiger partial charge in [-0.1, -0.05) is 12.1 Å². The van der Waals surface area contributed by atoms with E-state index in [0.29, 0.717) is 30.8 Å². The van der Waals surface area contributed by atoms with E-state index in [-0.39, 0.29) is 11.8 Å². The number of hydrogen-bond acceptors (Lipinski definition) is 3. The maximum absolute atomic E-state index is 12.6. The average molecular weight is 443 g/mol. The molecule has 2 aromatic heterocycles. The maximum Gasteiger partial charge on any atom is 0.270 e. The van der Waals surface area contributed by atoms with Gasteiger partial charge in [-0.15, -0.1) is 0 Å². The van der Waals surface area contributed by atoms with Crippen molar-refractivity contribution in [2.24, 2.45) is 0 Å². The number of aromatic nitrogens is 2. The van der Waals surface area contributed by atoms with Crippen molar-refractivity contribution in [1.82, 2.24) is 14.7 Å². The van der Waals surface area contributed by atoms with Gasteiger partial charge in [0, 0.05) is 23.6 Å². The topological polar surface area (TPSA) is 75.5 Å². The molecule has 146 valence electrons. The summed E-state index contributed by atoms with van der Waals surface area (Å²) in [5.41, 5.74) is 4.89. The number of fused-ring (bicyclic) bond motifs is 1. The summed E-state index contributed by atoms with van der Waals surface area (Å²) in [4.78, 5) is 29.2. The van der Waals surface area contributed by atoms with E-state index in [1.54, 1.807) is 0 Å². The standard InChI is InChI=1S/C21H23BrN4O2/c1-13-8-9-17(16(22)12-13)25-18(27)7-4-10-23-21(28)19-15(3)24-20-14(2)6-5-11-26(19)20/h5-6,8-9,11-12H,4,7,10H2,1-3H3,(H,23,28)(H,25,27). The van der Waals surface area contributed by atoms with Crippen molar-refractivity contribution in [2.75, 3.05) is 11.9 Å². The Morgan fingerprint density at radius 1 is 1.18 bits per heavy atom. The number of carbonyl (C=O) groups is 2. The van der Waals surface area contributed by atoms with Gasteiger partial charge in [0.25, 0.3) is 5.91 Å². The number of halogens is 1. The Hall–Kier alpha value is -2.67. The summed E-state index contributed by atoms with van der Waals surface area (Å²) in [6.07, 6.45) is 2.71. The number of pyridine rings is 1. The van der Waals surface area contributed by atoms with E-state index in [2.05, 4.69) is 31.5 Å². The third-order valence-electron chi connectivity index (χ3n) is 4.50. The molecule has 1 aromatic carbocycles. The number of nitrogens with zero attached hydrogens (tertiary/aromatic N) is 2. The van der Waals surface area contributed by atoms with Crippen LogP contribution in [0.4, 0.5) is 5.69 Å². The normalized spacial score (nSPS) is 10.9. The molecule has 0 saturated heterocycles. The molecule has 0 fully saturated rings. The van der Waals surface area contributed by atoms with E-state index in [1.165, 1.54) is 0 Å². The van der Waals surface area contributed by atoms with Crippen LogP contribution in [0.15, 0.2) is 41.0 Å². The van der Waals surface area contributed by atoms with Crippen LogP contribution in [0, 0.1) is 20.8 Å². The van der Waals surface area contributed by atoms with Crippen LogP contribution in [0.1, 0.15) is 40.2 Å². The fourth-order valence-electron chi connectivity index (χ4n) is 3.06. The van der Waals surface area contributed by atoms with Gasteiger partial charge in [0.05, 0.1) is 11.4 Å². The molecule has 0 radical (unpaired) electrons. The molecule has 0 bridgehead atoms. The molecule has 6 nitrogen and oxygen atoms in total. The summed E-state index contributed by atoms with van der Waals surface area (Å²) >= 11 is 3.45. The molecule has 2 amide bonds. The minimum Gasteiger partial charge on any atom is -0.351 e. The van der Waals surface area contributed by atoms with E-state index in [1.807, 2.05) is 61.7 Å². The van der Waals surface area contributed by atoms with Crippen molar-refractivity contribution in [3.8, 4) is 0 Å². The van der Waals surface area contributed by atoms with Crippen LogP contribution in [-0.2, 0) is 4.79 Å². The van der Waals surface area contributed by atoms with Gasteiger partial charge in [-0.25, -0.2) is 4.98 Å². The maximum atomic E-state index is 12.6. The molecule has 0 aliphatic heterocycles. The number of benzene rings is 1. The molecule has 0 atom stereocenters. The van der Waals surface area contributed by atoms with E-state index in [4.69, 9.17) is 0 Å². The first-order valence-corrected chi connectivity index (χ1v) is 9.94. The van der Waals surface area contributed by atoms with E-state index in [0.717, 1.165) is 26.9 Å². The summed E-state index contributed by atoms with van der Waals surface area (Å²) in [5, 5.41) is 5.77. The molecule has 3 aromatic rings. The molecular weight excluding hydrogens is 420 g/mol. The van der Waals surface area contributed by atoms with Crippen LogP contribution < -0.4 is 10.6 Å². The molecule has 7 heteroatoms. The van der Waals surface area contributed by atoms with Crippen LogP contribution in [-0.4, -0.2) is 27.7 Å². The lowest BCUT2D eigenvalue weighted by molar-refractivity contribution is -0.116. The zero-order valence-corrected chi connectivity index (χ0v) is 17.8. The Labute approximate surface area is 172 Å². The Kier molecular flexibility index (Phi) is 6.14. The van der Waals surface area contributed by atoms with Crippen LogP contribution in [0.3, 0.4) is 0 Å². The van der Waals surface area contributed by atoms with Crippen LogP contribution >= 0.6 is 15.9 Å². The number of aryl methyl sites for hydroxylation is 3. The lowest BCUT2D eigenvalue weighted by Crippen LogP contribution is -2.27. The lowest BCUT2D eigenvalue weighted by atomic mass is 10.2. The zero-order valence-electron chi connectivity index (χ0n) is 16.2. The van der Waals surface area contributed by atoms with Crippen molar-refractivity contribution >= 4 is 39.1 Å². The highest BCUT2D eigenvalue weighted by atomic mass is 79.9. The van der Waals surface area contributed by atoms with Gasteiger partial charge < -0.3 is 10.6 Å². The first-order chi connectivity index (χ1) is 13.4. The predicted molar refractivity (Wildman–Crippen MR) is 114 cm³/mol. The summed E-state index contributed by atoms with van der Waals surface area (Å²) in [6.45, 7) is 6.20. The highest BCUT2D eigenvalue weighted by Gasteiger charge is 2.17. The van der Waals surface area contributed by atoms with Gasteiger partial charge in [-0.05, 0) is 72.4 Å². The van der Waals surface area contributed by atoms with Gasteiger partial charge in [0.2, 0.25) is 5.91 Å². The van der Waals surface area contributed by atoms with Gasteiger partial charge in [0.1, 0.15) is 11.3 Å². The summed E-state index contributed by atoms with van der Waals surface area (Å²) in [7, 11) is 0. The third-order valence-corrected chi connectivity index (χ3v) is 5.16. The largest absolute Gasteiger partial charge is 0.351 e. The van der Waals surface area contributed by atoms with Gasteiger partial charge >= 0.3 is 0 Å². The minimum absolute atomic E-state index is 0.0830. The molecule has 0 aliphatic rings. The second-order valence-corrected chi connectivity index (χ2v) is 7.68. The number of imidazole rings is 1. The first kappa shape index (κ1) is 20.1. The Balaban J connectivity index is 1.53. The first-order valence-electron chi connectivity index (χ1n) is 9.15. The number of rotatable bonds is 6. The Morgan fingerprint density at radius 3 is 2.71 bits per heavy atom. The van der Waals surface area contributed by atoms with Crippen molar-refractivity contribution < 1.29 is 9.59 Å². The third kappa shape index (κ3) is 4.42. The Bertz CT molecular complexity index is 1040. The summed E-state index contributed by atoms with van der Waals surface area (Å²) in [5.74, 6) is -0.266. The van der Waals surface area contributed by atoms with Crippen LogP contribution in [0.25, 0.3) is 5.65 Å². The highest BCUT2D eigenvalue weighted by molar-refractivity contribution is 9.10. The van der Waals surface area contributed by atoms with Crippen molar-refractivity contribution in [3.63, 3.8) is 0 Å². The predicted octanol–water partition coefficient (Wildman–Crippen LogP) is 4.17.